The molecule has 0 fully saturated rings. The van der Waals surface area contributed by atoms with Crippen LogP contribution in [0.5, 0.6) is 0 Å². The van der Waals surface area contributed by atoms with Gasteiger partial charge in [-0.25, -0.2) is 19.2 Å². The third kappa shape index (κ3) is 4.31. The van der Waals surface area contributed by atoms with E-state index in [9.17, 15) is 9.18 Å². The molecule has 140 valence electrons. The molecule has 1 N–H and O–H groups in total. The van der Waals surface area contributed by atoms with E-state index in [2.05, 4.69) is 20.3 Å². The summed E-state index contributed by atoms with van der Waals surface area (Å²) in [5.41, 5.74) is 0.858. The Morgan fingerprint density at radius 3 is 2.67 bits per heavy atom. The van der Waals surface area contributed by atoms with Crippen molar-refractivity contribution in [2.45, 2.75) is 33.3 Å². The predicted octanol–water partition coefficient (Wildman–Crippen LogP) is 5.14. The molecule has 0 unspecified atom stereocenters. The summed E-state index contributed by atoms with van der Waals surface area (Å²) in [6.45, 7) is 6.96. The lowest BCUT2D eigenvalue weighted by atomic mass is 10.1. The van der Waals surface area contributed by atoms with Gasteiger partial charge in [0.05, 0.1) is 11.9 Å². The highest BCUT2D eigenvalue weighted by Gasteiger charge is 2.17. The van der Waals surface area contributed by atoms with Gasteiger partial charge in [-0.15, -0.1) is 0 Å². The third-order valence-electron chi connectivity index (χ3n) is 3.73. The van der Waals surface area contributed by atoms with Crippen molar-refractivity contribution >= 4 is 34.3 Å². The molecule has 0 spiro atoms. The molecule has 3 heterocycles. The van der Waals surface area contributed by atoms with Crippen LogP contribution in [0.2, 0.25) is 5.15 Å². The predicted molar refractivity (Wildman–Crippen MR) is 102 cm³/mol. The van der Waals surface area contributed by atoms with Crippen molar-refractivity contribution in [1.82, 2.24) is 15.0 Å². The third-order valence-corrected chi connectivity index (χ3v) is 4.01. The molecule has 0 saturated carbocycles. The van der Waals surface area contributed by atoms with Gasteiger partial charge in [0.1, 0.15) is 22.4 Å². The minimum absolute atomic E-state index is 0.209. The average Bonchev–Trinajstić information content (AvgIpc) is 2.56. The maximum absolute atomic E-state index is 13.8. The zero-order valence-electron chi connectivity index (χ0n) is 15.3. The highest BCUT2D eigenvalue weighted by atomic mass is 35.5. The van der Waals surface area contributed by atoms with Crippen LogP contribution in [0.25, 0.3) is 22.0 Å². The Morgan fingerprint density at radius 2 is 1.96 bits per heavy atom. The number of carbonyl (C=O) groups excluding carboxylic acids is 1. The number of aromatic nitrogens is 3. The Morgan fingerprint density at radius 1 is 1.22 bits per heavy atom. The normalized spacial score (nSPS) is 11.5. The largest absolute Gasteiger partial charge is 0.444 e. The Hall–Kier alpha value is -2.80. The van der Waals surface area contributed by atoms with Crippen molar-refractivity contribution in [2.24, 2.45) is 0 Å². The summed E-state index contributed by atoms with van der Waals surface area (Å²) < 4.78 is 19.0. The lowest BCUT2D eigenvalue weighted by Crippen LogP contribution is -2.27. The summed E-state index contributed by atoms with van der Waals surface area (Å²) in [7, 11) is 0. The van der Waals surface area contributed by atoms with Crippen LogP contribution in [0, 0.1) is 12.7 Å². The van der Waals surface area contributed by atoms with Gasteiger partial charge >= 0.3 is 6.09 Å². The minimum atomic E-state index is -0.619. The Kier molecular flexibility index (Phi) is 4.97. The molecule has 0 saturated heterocycles. The maximum atomic E-state index is 13.8. The highest BCUT2D eigenvalue weighted by Crippen LogP contribution is 2.30. The molecule has 0 atom stereocenters. The number of nitrogens with one attached hydrogen (secondary N) is 1. The number of rotatable bonds is 2. The van der Waals surface area contributed by atoms with Gasteiger partial charge in [0, 0.05) is 28.7 Å². The van der Waals surface area contributed by atoms with Gasteiger partial charge in [-0.05, 0) is 45.4 Å². The molecule has 3 aromatic rings. The number of anilines is 1. The molecule has 27 heavy (non-hydrogen) atoms. The fourth-order valence-corrected chi connectivity index (χ4v) is 2.73. The number of hydrogen-bond donors (Lipinski definition) is 1. The smallest absolute Gasteiger partial charge is 0.413 e. The number of nitrogens with zero attached hydrogens (tertiary/aromatic N) is 3. The highest BCUT2D eigenvalue weighted by molar-refractivity contribution is 6.34. The second kappa shape index (κ2) is 7.08. The molecule has 0 aliphatic rings. The van der Waals surface area contributed by atoms with E-state index in [0.29, 0.717) is 27.6 Å². The molecule has 3 rings (SSSR count). The molecule has 8 heteroatoms. The van der Waals surface area contributed by atoms with Gasteiger partial charge in [-0.2, -0.15) is 0 Å². The summed E-state index contributed by atoms with van der Waals surface area (Å²) in [4.78, 5) is 24.3. The van der Waals surface area contributed by atoms with Crippen molar-refractivity contribution in [1.29, 1.82) is 0 Å². The van der Waals surface area contributed by atoms with E-state index < -0.39 is 17.5 Å². The Labute approximate surface area is 160 Å². The van der Waals surface area contributed by atoms with E-state index >= 15 is 0 Å². The zero-order chi connectivity index (χ0) is 19.8. The number of halogens is 2. The van der Waals surface area contributed by atoms with Gasteiger partial charge in [0.25, 0.3) is 0 Å². The number of ether oxygens (including phenoxy) is 1. The monoisotopic (exact) mass is 388 g/mol. The summed E-state index contributed by atoms with van der Waals surface area (Å²) in [6.07, 6.45) is 3.63. The fourth-order valence-electron chi connectivity index (χ4n) is 2.48. The first kappa shape index (κ1) is 19.0. The Bertz CT molecular complexity index is 1030. The van der Waals surface area contributed by atoms with Crippen LogP contribution in [-0.2, 0) is 4.74 Å². The second-order valence-corrected chi connectivity index (χ2v) is 7.37. The molecule has 0 bridgehead atoms. The molecule has 0 aromatic carbocycles. The Balaban J connectivity index is 1.96. The van der Waals surface area contributed by atoms with Gasteiger partial charge < -0.3 is 4.74 Å². The average molecular weight is 389 g/mol. The summed E-state index contributed by atoms with van der Waals surface area (Å²) in [6, 6.07) is 3.35. The topological polar surface area (TPSA) is 77.0 Å². The molecular weight excluding hydrogens is 371 g/mol. The number of carbonyl (C=O) groups is 1. The first-order valence-corrected chi connectivity index (χ1v) is 8.58. The molecule has 3 aromatic heterocycles. The van der Waals surface area contributed by atoms with Crippen molar-refractivity contribution in [3.05, 3.63) is 47.3 Å². The molecule has 0 aliphatic carbocycles. The second-order valence-electron chi connectivity index (χ2n) is 7.01. The van der Waals surface area contributed by atoms with Crippen molar-refractivity contribution in [2.75, 3.05) is 5.32 Å². The first-order chi connectivity index (χ1) is 12.6. The number of amides is 1. The van der Waals surface area contributed by atoms with Crippen molar-refractivity contribution in [3.8, 4) is 11.3 Å². The van der Waals surface area contributed by atoms with Crippen LogP contribution in [0.1, 0.15) is 26.3 Å². The minimum Gasteiger partial charge on any atom is -0.444 e. The maximum Gasteiger partial charge on any atom is 0.413 e. The molecule has 0 aliphatic heterocycles. The van der Waals surface area contributed by atoms with E-state index in [1.54, 1.807) is 46.0 Å². The number of pyridine rings is 3. The molecule has 1 amide bonds. The SMILES string of the molecule is Cc1c(F)cncc1-c1cc2cnc(NC(=O)OC(C)(C)C)cc2c(Cl)n1. The van der Waals surface area contributed by atoms with Crippen LogP contribution < -0.4 is 5.32 Å². The van der Waals surface area contributed by atoms with E-state index in [1.165, 1.54) is 6.20 Å². The molecule has 6 nitrogen and oxygen atoms in total. The van der Waals surface area contributed by atoms with E-state index in [1.807, 2.05) is 0 Å². The van der Waals surface area contributed by atoms with Gasteiger partial charge in [-0.1, -0.05) is 11.6 Å². The first-order valence-electron chi connectivity index (χ1n) is 8.21. The van der Waals surface area contributed by atoms with Crippen LogP contribution in [0.15, 0.2) is 30.7 Å². The standard InChI is InChI=1S/C19H18ClFN4O2/c1-10-13(8-22-9-14(10)21)15-5-11-7-23-16(6-12(11)17(20)24-15)25-18(26)27-19(2,3)4/h5-9H,1-4H3,(H,23,25,26). The van der Waals surface area contributed by atoms with E-state index in [0.717, 1.165) is 6.20 Å². The van der Waals surface area contributed by atoms with Gasteiger partial charge in [-0.3, -0.25) is 10.3 Å². The van der Waals surface area contributed by atoms with Crippen LogP contribution in [0.3, 0.4) is 0 Å². The van der Waals surface area contributed by atoms with Crippen LogP contribution >= 0.6 is 11.6 Å². The fraction of sp³-hybridized carbons (Fsp3) is 0.263. The van der Waals surface area contributed by atoms with Crippen LogP contribution in [0.4, 0.5) is 15.0 Å². The number of hydrogen-bond acceptors (Lipinski definition) is 5. The molecular formula is C19H18ClFN4O2. The quantitative estimate of drug-likeness (QED) is 0.615. The summed E-state index contributed by atoms with van der Waals surface area (Å²) in [5, 5.41) is 4.07. The summed E-state index contributed by atoms with van der Waals surface area (Å²) in [5.74, 6) is -0.127. The van der Waals surface area contributed by atoms with Crippen molar-refractivity contribution < 1.29 is 13.9 Å². The van der Waals surface area contributed by atoms with Crippen molar-refractivity contribution in [3.63, 3.8) is 0 Å². The van der Waals surface area contributed by atoms with Gasteiger partial charge in [0.2, 0.25) is 0 Å². The van der Waals surface area contributed by atoms with E-state index in [-0.39, 0.29) is 11.0 Å². The van der Waals surface area contributed by atoms with Gasteiger partial charge in [0.15, 0.2) is 0 Å². The zero-order valence-corrected chi connectivity index (χ0v) is 16.1. The summed E-state index contributed by atoms with van der Waals surface area (Å²) >= 11 is 6.32. The molecule has 0 radical (unpaired) electrons. The van der Waals surface area contributed by atoms with Crippen LogP contribution in [-0.4, -0.2) is 26.6 Å². The lowest BCUT2D eigenvalue weighted by molar-refractivity contribution is 0.0635. The van der Waals surface area contributed by atoms with E-state index in [4.69, 9.17) is 16.3 Å². The number of fused-ring (bicyclic) bond motifs is 1. The lowest BCUT2D eigenvalue weighted by Gasteiger charge is -2.19.